The van der Waals surface area contributed by atoms with Crippen molar-refractivity contribution in [2.24, 2.45) is 0 Å². The van der Waals surface area contributed by atoms with Gasteiger partial charge < -0.3 is 9.84 Å². The van der Waals surface area contributed by atoms with Crippen LogP contribution in [0, 0.1) is 10.1 Å². The third-order valence-electron chi connectivity index (χ3n) is 2.22. The average molecular weight is 223 g/mol. The quantitative estimate of drug-likeness (QED) is 0.621. The van der Waals surface area contributed by atoms with Crippen molar-refractivity contribution in [3.05, 3.63) is 33.9 Å². The molecule has 0 heterocycles. The molecule has 0 unspecified atom stereocenters. The smallest absolute Gasteiger partial charge is 0.339 e. The van der Waals surface area contributed by atoms with Crippen molar-refractivity contribution in [3.8, 4) is 5.75 Å². The summed E-state index contributed by atoms with van der Waals surface area (Å²) in [5, 5.41) is 19.4. The number of nitrogens with zero attached hydrogens (tertiary/aromatic N) is 1. The van der Waals surface area contributed by atoms with Crippen molar-refractivity contribution in [1.82, 2.24) is 0 Å². The van der Waals surface area contributed by atoms with E-state index in [4.69, 9.17) is 9.84 Å². The van der Waals surface area contributed by atoms with E-state index in [9.17, 15) is 14.9 Å². The predicted octanol–water partition coefficient (Wildman–Crippen LogP) is 1.83. The highest BCUT2D eigenvalue weighted by atomic mass is 16.6. The van der Waals surface area contributed by atoms with Gasteiger partial charge in [0.15, 0.2) is 0 Å². The van der Waals surface area contributed by atoms with Gasteiger partial charge in [-0.2, -0.15) is 0 Å². The van der Waals surface area contributed by atoms with E-state index in [2.05, 4.69) is 0 Å². The van der Waals surface area contributed by atoms with Gasteiger partial charge in [0.25, 0.3) is 5.69 Å². The van der Waals surface area contributed by atoms with E-state index in [0.29, 0.717) is 0 Å². The second-order valence-corrected chi connectivity index (χ2v) is 3.56. The van der Waals surface area contributed by atoms with E-state index in [1.807, 2.05) is 0 Å². The van der Waals surface area contributed by atoms with Crippen molar-refractivity contribution in [2.75, 3.05) is 0 Å². The summed E-state index contributed by atoms with van der Waals surface area (Å²) in [6.45, 7) is 0. The molecule has 6 heteroatoms. The highest BCUT2D eigenvalue weighted by Gasteiger charge is 2.26. The van der Waals surface area contributed by atoms with E-state index in [1.54, 1.807) is 0 Å². The molecule has 84 valence electrons. The Labute approximate surface area is 90.6 Å². The number of non-ortho nitro benzene ring substituents is 1. The third-order valence-corrected chi connectivity index (χ3v) is 2.22. The van der Waals surface area contributed by atoms with Crippen molar-refractivity contribution >= 4 is 11.7 Å². The molecular formula is C10H9NO5. The van der Waals surface area contributed by atoms with Crippen LogP contribution in [-0.4, -0.2) is 22.1 Å². The topological polar surface area (TPSA) is 89.7 Å². The van der Waals surface area contributed by atoms with Crippen LogP contribution in [0.5, 0.6) is 5.75 Å². The molecule has 2 rings (SSSR count). The number of rotatable bonds is 4. The second-order valence-electron chi connectivity index (χ2n) is 3.56. The molecule has 0 atom stereocenters. The van der Waals surface area contributed by atoms with Gasteiger partial charge in [0.05, 0.1) is 17.1 Å². The highest BCUT2D eigenvalue weighted by Crippen LogP contribution is 2.31. The number of carboxylic acid groups (broad SMARTS) is 1. The number of carbonyl (C=O) groups is 1. The number of carboxylic acids is 1. The lowest BCUT2D eigenvalue weighted by Crippen LogP contribution is -2.05. The second kappa shape index (κ2) is 3.80. The molecule has 0 bridgehead atoms. The zero-order chi connectivity index (χ0) is 11.7. The molecule has 0 saturated heterocycles. The Morgan fingerprint density at radius 3 is 2.69 bits per heavy atom. The van der Waals surface area contributed by atoms with Crippen LogP contribution in [0.3, 0.4) is 0 Å². The first-order chi connectivity index (χ1) is 7.58. The van der Waals surface area contributed by atoms with Gasteiger partial charge in [-0.3, -0.25) is 10.1 Å². The summed E-state index contributed by atoms with van der Waals surface area (Å²) < 4.78 is 5.32. The maximum Gasteiger partial charge on any atom is 0.339 e. The fraction of sp³-hybridized carbons (Fsp3) is 0.300. The minimum absolute atomic E-state index is 0.0000964. The van der Waals surface area contributed by atoms with Gasteiger partial charge in [0.1, 0.15) is 11.3 Å². The summed E-state index contributed by atoms with van der Waals surface area (Å²) in [5.41, 5.74) is -0.210. The fourth-order valence-electron chi connectivity index (χ4n) is 1.26. The van der Waals surface area contributed by atoms with Crippen LogP contribution >= 0.6 is 0 Å². The van der Waals surface area contributed by atoms with Gasteiger partial charge in [0, 0.05) is 6.07 Å². The van der Waals surface area contributed by atoms with Crippen LogP contribution < -0.4 is 4.74 Å². The Morgan fingerprint density at radius 1 is 1.50 bits per heavy atom. The van der Waals surface area contributed by atoms with Gasteiger partial charge in [-0.05, 0) is 18.9 Å². The van der Waals surface area contributed by atoms with Gasteiger partial charge in [-0.15, -0.1) is 0 Å². The van der Waals surface area contributed by atoms with Crippen LogP contribution in [0.15, 0.2) is 18.2 Å². The minimum Gasteiger partial charge on any atom is -0.489 e. The maximum absolute atomic E-state index is 10.9. The molecule has 1 fully saturated rings. The van der Waals surface area contributed by atoms with E-state index in [-0.39, 0.29) is 23.1 Å². The van der Waals surface area contributed by atoms with E-state index in [1.165, 1.54) is 6.07 Å². The largest absolute Gasteiger partial charge is 0.489 e. The van der Waals surface area contributed by atoms with Gasteiger partial charge >= 0.3 is 5.97 Å². The molecular weight excluding hydrogens is 214 g/mol. The molecule has 1 aliphatic rings. The predicted molar refractivity (Wildman–Crippen MR) is 53.7 cm³/mol. The van der Waals surface area contributed by atoms with Gasteiger partial charge in [0.2, 0.25) is 0 Å². The monoisotopic (exact) mass is 223 g/mol. The van der Waals surface area contributed by atoms with Crippen LogP contribution in [0.1, 0.15) is 23.2 Å². The van der Waals surface area contributed by atoms with Crippen molar-refractivity contribution in [2.45, 2.75) is 18.9 Å². The molecule has 16 heavy (non-hydrogen) atoms. The number of aromatic carboxylic acids is 1. The number of nitro benzene ring substituents is 1. The summed E-state index contributed by atoms with van der Waals surface area (Å²) in [7, 11) is 0. The summed E-state index contributed by atoms with van der Waals surface area (Å²) in [5.74, 6) is -1.07. The first-order valence-electron chi connectivity index (χ1n) is 4.76. The maximum atomic E-state index is 10.9. The molecule has 1 saturated carbocycles. The fourth-order valence-corrected chi connectivity index (χ4v) is 1.26. The highest BCUT2D eigenvalue weighted by molar-refractivity contribution is 5.91. The molecule has 0 amide bonds. The zero-order valence-corrected chi connectivity index (χ0v) is 8.25. The Morgan fingerprint density at radius 2 is 2.19 bits per heavy atom. The number of hydrogen-bond acceptors (Lipinski definition) is 4. The van der Waals surface area contributed by atoms with Crippen molar-refractivity contribution < 1.29 is 19.6 Å². The van der Waals surface area contributed by atoms with Crippen molar-refractivity contribution in [3.63, 3.8) is 0 Å². The standard InChI is InChI=1S/C10H9NO5/c12-10(13)8-4-1-6(11(14)15)5-9(8)16-7-2-3-7/h1,4-5,7H,2-3H2,(H,12,13). The van der Waals surface area contributed by atoms with E-state index in [0.717, 1.165) is 25.0 Å². The molecule has 0 radical (unpaired) electrons. The molecule has 1 aromatic carbocycles. The lowest BCUT2D eigenvalue weighted by atomic mass is 10.2. The van der Waals surface area contributed by atoms with Crippen LogP contribution in [0.25, 0.3) is 0 Å². The number of benzene rings is 1. The summed E-state index contributed by atoms with van der Waals surface area (Å²) in [6.07, 6.45) is 1.73. The number of ether oxygens (including phenoxy) is 1. The Hall–Kier alpha value is -2.11. The minimum atomic E-state index is -1.15. The lowest BCUT2D eigenvalue weighted by Gasteiger charge is -2.07. The van der Waals surface area contributed by atoms with E-state index < -0.39 is 10.9 Å². The molecule has 1 N–H and O–H groups in total. The summed E-state index contributed by atoms with van der Waals surface area (Å²) in [4.78, 5) is 20.8. The first kappa shape index (κ1) is 10.4. The van der Waals surface area contributed by atoms with Gasteiger partial charge in [-0.1, -0.05) is 0 Å². The Balaban J connectivity index is 2.37. The third kappa shape index (κ3) is 2.10. The zero-order valence-electron chi connectivity index (χ0n) is 8.25. The summed E-state index contributed by atoms with van der Waals surface area (Å²) in [6, 6.07) is 3.50. The number of hydrogen-bond donors (Lipinski definition) is 1. The SMILES string of the molecule is O=C(O)c1ccc([N+](=O)[O-])cc1OC1CC1. The lowest BCUT2D eigenvalue weighted by molar-refractivity contribution is -0.384. The van der Waals surface area contributed by atoms with Gasteiger partial charge in [-0.25, -0.2) is 4.79 Å². The Bertz CT molecular complexity index is 453. The van der Waals surface area contributed by atoms with E-state index >= 15 is 0 Å². The molecule has 0 spiro atoms. The van der Waals surface area contributed by atoms with Crippen LogP contribution in [0.2, 0.25) is 0 Å². The summed E-state index contributed by atoms with van der Waals surface area (Å²) >= 11 is 0. The molecule has 1 aliphatic carbocycles. The van der Waals surface area contributed by atoms with Crippen LogP contribution in [-0.2, 0) is 0 Å². The normalized spacial score (nSPS) is 14.5. The number of nitro groups is 1. The molecule has 1 aromatic rings. The average Bonchev–Trinajstić information content (AvgIpc) is 3.01. The van der Waals surface area contributed by atoms with Crippen LogP contribution in [0.4, 0.5) is 5.69 Å². The first-order valence-corrected chi connectivity index (χ1v) is 4.76. The molecule has 6 nitrogen and oxygen atoms in total. The molecule has 0 aromatic heterocycles. The molecule has 0 aliphatic heterocycles. The van der Waals surface area contributed by atoms with Crippen molar-refractivity contribution in [1.29, 1.82) is 0 Å². The Kier molecular flexibility index (Phi) is 2.47.